The van der Waals surface area contributed by atoms with E-state index in [-0.39, 0.29) is 29.6 Å². The van der Waals surface area contributed by atoms with Crippen molar-refractivity contribution in [3.05, 3.63) is 82.0 Å². The first-order valence-electron chi connectivity index (χ1n) is 17.6. The monoisotopic (exact) mass is 686 g/mol. The molecule has 8 heteroatoms. The fourth-order valence-electron chi connectivity index (χ4n) is 5.05. The molecule has 0 spiro atoms. The van der Waals surface area contributed by atoms with Gasteiger partial charge in [0.25, 0.3) is 0 Å². The second-order valence-corrected chi connectivity index (χ2v) is 13.0. The maximum Gasteiger partial charge on any atom is 0.163 e. The van der Waals surface area contributed by atoms with E-state index in [9.17, 15) is 38.4 Å². The lowest BCUT2D eigenvalue weighted by Crippen LogP contribution is -1.90. The summed E-state index contributed by atoms with van der Waals surface area (Å²) < 4.78 is 0. The molecule has 0 aromatic carbocycles. The number of Topliss-reactive ketones (excluding diaryl/α,β-unsaturated/α-hetero) is 3. The Labute approximate surface area is 297 Å². The predicted octanol–water partition coefficient (Wildman–Crippen LogP) is 8.25. The molecular formula is C42H54O8. The van der Waals surface area contributed by atoms with Gasteiger partial charge in [0.05, 0.1) is 6.42 Å². The molecule has 0 amide bonds. The summed E-state index contributed by atoms with van der Waals surface area (Å²) >= 11 is 0. The molecule has 50 heavy (non-hydrogen) atoms. The molecular weight excluding hydrogens is 632 g/mol. The molecule has 0 aromatic heterocycles. The fraction of sp³-hybridized carbons (Fsp3) is 0.476. The lowest BCUT2D eigenvalue weighted by Gasteiger charge is -1.87. The first kappa shape index (κ1) is 43.6. The van der Waals surface area contributed by atoms with Gasteiger partial charge in [0.2, 0.25) is 0 Å². The molecule has 8 nitrogen and oxygen atoms in total. The molecule has 0 saturated heterocycles. The summed E-state index contributed by atoms with van der Waals surface area (Å²) in [6.45, 7) is 11.8. The van der Waals surface area contributed by atoms with Crippen molar-refractivity contribution in [2.24, 2.45) is 0 Å². The van der Waals surface area contributed by atoms with Crippen LogP contribution in [0.4, 0.5) is 0 Å². The second-order valence-electron chi connectivity index (χ2n) is 13.0. The topological polar surface area (TPSA) is 137 Å². The van der Waals surface area contributed by atoms with Crippen LogP contribution >= 0.6 is 0 Å². The van der Waals surface area contributed by atoms with Crippen molar-refractivity contribution in [2.45, 2.75) is 131 Å². The predicted molar refractivity (Wildman–Crippen MR) is 196 cm³/mol. The zero-order chi connectivity index (χ0) is 37.6. The Morgan fingerprint density at radius 3 is 1.16 bits per heavy atom. The van der Waals surface area contributed by atoms with Gasteiger partial charge in [0, 0.05) is 38.5 Å². The van der Waals surface area contributed by atoms with E-state index in [0.717, 1.165) is 100 Å². The van der Waals surface area contributed by atoms with Crippen LogP contribution in [0.25, 0.3) is 0 Å². The van der Waals surface area contributed by atoms with E-state index in [2.05, 4.69) is 6.92 Å². The zero-order valence-corrected chi connectivity index (χ0v) is 30.8. The van der Waals surface area contributed by atoms with Crippen LogP contribution in [0.15, 0.2) is 82.0 Å². The number of rotatable bonds is 1. The van der Waals surface area contributed by atoms with Crippen LogP contribution < -0.4 is 0 Å². The summed E-state index contributed by atoms with van der Waals surface area (Å²) in [5.41, 5.74) is 6.69. The maximum atomic E-state index is 10.7. The molecule has 0 unspecified atom stereocenters. The summed E-state index contributed by atoms with van der Waals surface area (Å²) in [6, 6.07) is 0. The Morgan fingerprint density at radius 1 is 0.480 bits per heavy atom. The van der Waals surface area contributed by atoms with Gasteiger partial charge in [-0.15, -0.1) is 0 Å². The van der Waals surface area contributed by atoms with Crippen LogP contribution in [0.3, 0.4) is 0 Å². The maximum absolute atomic E-state index is 10.7. The molecule has 0 aromatic rings. The Bertz CT molecular complexity index is 1480. The van der Waals surface area contributed by atoms with Crippen molar-refractivity contribution < 1.29 is 38.4 Å². The zero-order valence-electron chi connectivity index (χ0n) is 30.8. The van der Waals surface area contributed by atoms with Crippen LogP contribution in [0, 0.1) is 0 Å². The van der Waals surface area contributed by atoms with Gasteiger partial charge in [-0.25, -0.2) is 0 Å². The number of hydrogen-bond acceptors (Lipinski definition) is 8. The largest absolute Gasteiger partial charge is 0.295 e. The van der Waals surface area contributed by atoms with Gasteiger partial charge in [-0.1, -0.05) is 41.9 Å². The van der Waals surface area contributed by atoms with Gasteiger partial charge in [-0.05, 0) is 127 Å². The molecule has 0 aliphatic heterocycles. The molecule has 7 aliphatic rings. The summed E-state index contributed by atoms with van der Waals surface area (Å²) in [5, 5.41) is 0. The minimum absolute atomic E-state index is 0.0787. The number of carbonyl (C=O) groups is 8. The molecule has 0 radical (unpaired) electrons. The Hall–Kier alpha value is -4.46. The average Bonchev–Trinajstić information content (AvgIpc) is 3.97. The van der Waals surface area contributed by atoms with E-state index >= 15 is 0 Å². The van der Waals surface area contributed by atoms with Crippen molar-refractivity contribution in [1.29, 1.82) is 0 Å². The van der Waals surface area contributed by atoms with Crippen molar-refractivity contribution in [3.8, 4) is 0 Å². The van der Waals surface area contributed by atoms with E-state index in [4.69, 9.17) is 0 Å². The first-order valence-corrected chi connectivity index (χ1v) is 17.6. The summed E-state index contributed by atoms with van der Waals surface area (Å²) in [5.74, 6) is 1.69. The van der Waals surface area contributed by atoms with E-state index in [0.29, 0.717) is 23.1 Å². The quantitative estimate of drug-likeness (QED) is 0.252. The van der Waals surface area contributed by atoms with E-state index < -0.39 is 0 Å². The van der Waals surface area contributed by atoms with Gasteiger partial charge >= 0.3 is 0 Å². The van der Waals surface area contributed by atoms with Crippen LogP contribution in [-0.4, -0.2) is 46.3 Å². The third-order valence-corrected chi connectivity index (χ3v) is 8.66. The van der Waals surface area contributed by atoms with E-state index in [1.807, 2.05) is 52.8 Å². The number of allylic oxidation sites excluding steroid dienone is 14. The molecule has 0 heterocycles. The Balaban J connectivity index is 0.000000292. The highest BCUT2D eigenvalue weighted by molar-refractivity contribution is 6.16. The minimum Gasteiger partial charge on any atom is -0.295 e. The van der Waals surface area contributed by atoms with Gasteiger partial charge in [-0.3, -0.25) is 38.4 Å². The summed E-state index contributed by atoms with van der Waals surface area (Å²) in [4.78, 5) is 83.1. The van der Waals surface area contributed by atoms with Crippen molar-refractivity contribution in [1.82, 2.24) is 0 Å². The Kier molecular flexibility index (Phi) is 20.8. The molecule has 0 N–H and O–H groups in total. The standard InChI is InChI=1S/2C7H10O.3C6H8O.C5H4O2.C5H6O/c1-5-3-4-7(8)6(5)2;1-2-6-3-4-7(8)5-6;1-5-2-3-6(7)4-5;2*1-5-3-2-4-6(5)7;6-4-1-2-5(7)3-4;6-5-3-1-2-4-5/h3-4H2,1-2H3;5H,2-4H2,1H3;4H,2-3H2,1H3;2*3H,2,4H2,1H3;1-2H,3H2;1,3H,2,4H2. The highest BCUT2D eigenvalue weighted by atomic mass is 16.2. The van der Waals surface area contributed by atoms with E-state index in [1.165, 1.54) is 28.9 Å². The third-order valence-electron chi connectivity index (χ3n) is 8.66. The minimum atomic E-state index is -0.0787. The highest BCUT2D eigenvalue weighted by Gasteiger charge is 2.14. The van der Waals surface area contributed by atoms with Crippen LogP contribution in [0.1, 0.15) is 131 Å². The van der Waals surface area contributed by atoms with Crippen LogP contribution in [0.2, 0.25) is 0 Å². The van der Waals surface area contributed by atoms with Crippen molar-refractivity contribution in [2.75, 3.05) is 0 Å². The molecule has 7 rings (SSSR count). The number of ketones is 8. The lowest BCUT2D eigenvalue weighted by atomic mass is 10.2. The van der Waals surface area contributed by atoms with Gasteiger partial charge in [0.15, 0.2) is 46.3 Å². The Morgan fingerprint density at radius 2 is 1.02 bits per heavy atom. The number of hydrogen-bond donors (Lipinski definition) is 0. The molecule has 270 valence electrons. The molecule has 7 aliphatic carbocycles. The van der Waals surface area contributed by atoms with Gasteiger partial charge < -0.3 is 0 Å². The van der Waals surface area contributed by atoms with Gasteiger partial charge in [-0.2, -0.15) is 0 Å². The second kappa shape index (κ2) is 23.8. The summed E-state index contributed by atoms with van der Waals surface area (Å²) in [6.07, 6.45) is 25.1. The normalized spacial score (nSPS) is 19.8. The highest BCUT2D eigenvalue weighted by Crippen LogP contribution is 2.21. The lowest BCUT2D eigenvalue weighted by molar-refractivity contribution is -0.121. The molecule has 0 fully saturated rings. The van der Waals surface area contributed by atoms with E-state index in [1.54, 1.807) is 18.2 Å². The number of carbonyl (C=O) groups excluding carboxylic acids is 8. The molecule has 0 bridgehead atoms. The summed E-state index contributed by atoms with van der Waals surface area (Å²) in [7, 11) is 0. The molecule has 0 atom stereocenters. The molecule has 0 saturated carbocycles. The van der Waals surface area contributed by atoms with Crippen LogP contribution in [-0.2, 0) is 38.4 Å². The van der Waals surface area contributed by atoms with Crippen molar-refractivity contribution in [3.63, 3.8) is 0 Å². The smallest absolute Gasteiger partial charge is 0.163 e. The van der Waals surface area contributed by atoms with Crippen LogP contribution in [0.5, 0.6) is 0 Å². The average molecular weight is 687 g/mol. The van der Waals surface area contributed by atoms with Crippen molar-refractivity contribution >= 4 is 46.3 Å². The fourth-order valence-corrected chi connectivity index (χ4v) is 5.05. The third kappa shape index (κ3) is 18.9. The SMILES string of the molecule is CC1=C(C)C(=O)CC1.CC1=CC(=O)CC1.CC1=CCCC1=O.CC1=CCCC1=O.CCC1=CC(=O)CC1.O=C1C=CC(=O)C1.O=C1C=CCC1. The van der Waals surface area contributed by atoms with Gasteiger partial charge in [0.1, 0.15) is 0 Å². The first-order chi connectivity index (χ1) is 23.6.